The van der Waals surface area contributed by atoms with E-state index in [1.54, 1.807) is 24.3 Å². The topological polar surface area (TPSA) is 102 Å². The summed E-state index contributed by atoms with van der Waals surface area (Å²) in [5.41, 5.74) is 4.73. The van der Waals surface area contributed by atoms with Gasteiger partial charge in [-0.3, -0.25) is 19.3 Å². The van der Waals surface area contributed by atoms with Crippen molar-refractivity contribution in [2.45, 2.75) is 44.1 Å². The molecule has 8 nitrogen and oxygen atoms in total. The highest BCUT2D eigenvalue weighted by Crippen LogP contribution is 2.61. The number of amides is 3. The van der Waals surface area contributed by atoms with Gasteiger partial charge in [-0.2, -0.15) is 0 Å². The number of hydrogen-bond donors (Lipinski definition) is 1. The summed E-state index contributed by atoms with van der Waals surface area (Å²) < 4.78 is 10.7. The number of esters is 1. The summed E-state index contributed by atoms with van der Waals surface area (Å²) in [6.45, 7) is 1.43. The van der Waals surface area contributed by atoms with Crippen molar-refractivity contribution in [3.8, 4) is 5.75 Å². The van der Waals surface area contributed by atoms with Gasteiger partial charge < -0.3 is 14.8 Å². The minimum absolute atomic E-state index is 0.256. The number of ether oxygens (including phenoxy) is 2. The highest BCUT2D eigenvalue weighted by molar-refractivity contribution is 6.10. The number of hydrogen-bond acceptors (Lipinski definition) is 6. The lowest BCUT2D eigenvalue weighted by Gasteiger charge is -2.45. The van der Waals surface area contributed by atoms with Crippen LogP contribution in [0.4, 0.5) is 5.69 Å². The molecule has 1 fully saturated rings. The molecule has 8 heteroatoms. The molecule has 3 amide bonds. The third kappa shape index (κ3) is 4.38. The molecule has 0 spiro atoms. The van der Waals surface area contributed by atoms with Crippen LogP contribution in [0.15, 0.2) is 72.8 Å². The van der Waals surface area contributed by atoms with Crippen molar-refractivity contribution >= 4 is 29.4 Å². The zero-order valence-corrected chi connectivity index (χ0v) is 23.0. The van der Waals surface area contributed by atoms with E-state index in [-0.39, 0.29) is 30.1 Å². The van der Waals surface area contributed by atoms with Crippen molar-refractivity contribution in [2.24, 2.45) is 11.8 Å². The summed E-state index contributed by atoms with van der Waals surface area (Å²) >= 11 is 0. The highest BCUT2D eigenvalue weighted by atomic mass is 16.5. The summed E-state index contributed by atoms with van der Waals surface area (Å²) in [7, 11) is 1.49. The SMILES string of the molecule is CCCC[C@H](C(=O)OCC(=O)Nc1ccccc1OC)N1C(=O)[C@H]2C3c4ccccc4C(c4ccccc43)[C@@H]2C1=O. The second-order valence-corrected chi connectivity index (χ2v) is 10.8. The van der Waals surface area contributed by atoms with Crippen LogP contribution in [-0.4, -0.2) is 48.3 Å². The molecule has 3 aliphatic carbocycles. The van der Waals surface area contributed by atoms with Crippen LogP contribution in [0, 0.1) is 11.8 Å². The monoisotopic (exact) mass is 552 g/mol. The molecule has 1 heterocycles. The van der Waals surface area contributed by atoms with Crippen LogP contribution in [0.5, 0.6) is 5.75 Å². The molecule has 0 saturated carbocycles. The zero-order chi connectivity index (χ0) is 28.7. The largest absolute Gasteiger partial charge is 0.495 e. The van der Waals surface area contributed by atoms with E-state index in [9.17, 15) is 19.2 Å². The fraction of sp³-hybridized carbons (Fsp3) is 0.333. The van der Waals surface area contributed by atoms with E-state index in [0.717, 1.165) is 33.6 Å². The number of methoxy groups -OCH3 is 1. The van der Waals surface area contributed by atoms with Gasteiger partial charge in [-0.25, -0.2) is 4.79 Å². The molecule has 0 unspecified atom stereocenters. The number of nitrogens with zero attached hydrogens (tertiary/aromatic N) is 1. The summed E-state index contributed by atoms with van der Waals surface area (Å²) in [5, 5.41) is 2.68. The van der Waals surface area contributed by atoms with Crippen LogP contribution >= 0.6 is 0 Å². The van der Waals surface area contributed by atoms with Gasteiger partial charge in [0.05, 0.1) is 24.6 Å². The standard InChI is InChI=1S/C33H32N2O6/c1-3-4-16-24(33(39)41-18-26(36)34-23-15-9-10-17-25(23)40-2)35-31(37)29-27-19-11-5-6-12-20(19)28(30(29)32(35)38)22-14-8-7-13-21(22)27/h5-15,17,24,27-30H,3-4,16,18H2,1-2H3,(H,34,36)/t24-,27?,28?,29+,30+/m1/s1. The summed E-state index contributed by atoms with van der Waals surface area (Å²) in [6.07, 6.45) is 1.66. The van der Waals surface area contributed by atoms with Gasteiger partial charge in [-0.15, -0.1) is 0 Å². The maximum Gasteiger partial charge on any atom is 0.329 e. The molecule has 0 radical (unpaired) electrons. The Morgan fingerprint density at radius 3 is 1.85 bits per heavy atom. The number of rotatable bonds is 9. The van der Waals surface area contributed by atoms with Gasteiger partial charge in [0.1, 0.15) is 11.8 Å². The lowest BCUT2D eigenvalue weighted by atomic mass is 9.55. The first-order chi connectivity index (χ1) is 20.0. The minimum Gasteiger partial charge on any atom is -0.495 e. The summed E-state index contributed by atoms with van der Waals surface area (Å²) in [6, 6.07) is 21.9. The number of nitrogens with one attached hydrogen (secondary N) is 1. The molecule has 7 rings (SSSR count). The molecule has 1 saturated heterocycles. The number of benzene rings is 3. The lowest BCUT2D eigenvalue weighted by molar-refractivity contribution is -0.160. The van der Waals surface area contributed by atoms with Crippen LogP contribution < -0.4 is 10.1 Å². The van der Waals surface area contributed by atoms with Gasteiger partial charge in [-0.05, 0) is 40.8 Å². The van der Waals surface area contributed by atoms with E-state index >= 15 is 0 Å². The molecule has 210 valence electrons. The van der Waals surface area contributed by atoms with Crippen molar-refractivity contribution in [2.75, 3.05) is 19.0 Å². The first-order valence-corrected chi connectivity index (χ1v) is 14.1. The third-order valence-corrected chi connectivity index (χ3v) is 8.62. The first kappa shape index (κ1) is 26.7. The van der Waals surface area contributed by atoms with Gasteiger partial charge in [0.15, 0.2) is 6.61 Å². The predicted molar refractivity (Wildman–Crippen MR) is 151 cm³/mol. The first-order valence-electron chi connectivity index (χ1n) is 14.1. The highest BCUT2D eigenvalue weighted by Gasteiger charge is 2.63. The van der Waals surface area contributed by atoms with E-state index < -0.39 is 36.4 Å². The van der Waals surface area contributed by atoms with E-state index in [0.29, 0.717) is 17.9 Å². The van der Waals surface area contributed by atoms with E-state index in [2.05, 4.69) is 5.32 Å². The molecule has 3 aromatic rings. The molecular formula is C33H32N2O6. The Bertz CT molecular complexity index is 1420. The normalized spacial score (nSPS) is 22.4. The molecule has 4 aliphatic rings. The Morgan fingerprint density at radius 2 is 1.34 bits per heavy atom. The number of anilines is 1. The smallest absolute Gasteiger partial charge is 0.329 e. The van der Waals surface area contributed by atoms with Crippen LogP contribution in [0.2, 0.25) is 0 Å². The molecule has 3 aromatic carbocycles. The van der Waals surface area contributed by atoms with Crippen molar-refractivity contribution in [1.82, 2.24) is 4.90 Å². The molecule has 41 heavy (non-hydrogen) atoms. The Kier molecular flexibility index (Phi) is 7.07. The van der Waals surface area contributed by atoms with Gasteiger partial charge in [-0.1, -0.05) is 80.4 Å². The Morgan fingerprint density at radius 1 is 0.829 bits per heavy atom. The van der Waals surface area contributed by atoms with Crippen molar-refractivity contribution in [1.29, 1.82) is 0 Å². The summed E-state index contributed by atoms with van der Waals surface area (Å²) in [5.74, 6) is -3.18. The zero-order valence-electron chi connectivity index (χ0n) is 23.0. The number of carbonyl (C=O) groups is 4. The number of imide groups is 1. The molecule has 1 aliphatic heterocycles. The van der Waals surface area contributed by atoms with Crippen LogP contribution in [0.25, 0.3) is 0 Å². The molecule has 2 bridgehead atoms. The molecule has 1 N–H and O–H groups in total. The lowest BCUT2D eigenvalue weighted by Crippen LogP contribution is -2.47. The minimum atomic E-state index is -1.09. The van der Waals surface area contributed by atoms with Gasteiger partial charge in [0.2, 0.25) is 11.8 Å². The van der Waals surface area contributed by atoms with Crippen LogP contribution in [-0.2, 0) is 23.9 Å². The Hall–Kier alpha value is -4.46. The predicted octanol–water partition coefficient (Wildman–Crippen LogP) is 4.63. The number of para-hydroxylation sites is 2. The maximum atomic E-state index is 14.1. The Labute approximate surface area is 238 Å². The van der Waals surface area contributed by atoms with Crippen molar-refractivity contribution < 1.29 is 28.7 Å². The molecule has 0 aromatic heterocycles. The Balaban J connectivity index is 1.26. The average molecular weight is 553 g/mol. The third-order valence-electron chi connectivity index (χ3n) is 8.62. The van der Waals surface area contributed by atoms with Crippen LogP contribution in [0.3, 0.4) is 0 Å². The van der Waals surface area contributed by atoms with Gasteiger partial charge in [0, 0.05) is 11.8 Å². The fourth-order valence-corrected chi connectivity index (χ4v) is 6.92. The van der Waals surface area contributed by atoms with Crippen LogP contribution in [0.1, 0.15) is 60.3 Å². The van der Waals surface area contributed by atoms with Gasteiger partial charge >= 0.3 is 5.97 Å². The van der Waals surface area contributed by atoms with Crippen molar-refractivity contribution in [3.63, 3.8) is 0 Å². The van der Waals surface area contributed by atoms with E-state index in [4.69, 9.17) is 9.47 Å². The quantitative estimate of drug-likeness (QED) is 0.307. The average Bonchev–Trinajstić information content (AvgIpc) is 3.26. The second kappa shape index (κ2) is 10.8. The second-order valence-electron chi connectivity index (χ2n) is 10.8. The number of carbonyl (C=O) groups excluding carboxylic acids is 4. The molecular weight excluding hydrogens is 520 g/mol. The van der Waals surface area contributed by atoms with Gasteiger partial charge in [0.25, 0.3) is 5.91 Å². The fourth-order valence-electron chi connectivity index (χ4n) is 6.92. The molecule has 3 atom stereocenters. The number of likely N-dealkylation sites (tertiary alicyclic amines) is 1. The van der Waals surface area contributed by atoms with E-state index in [1.165, 1.54) is 7.11 Å². The summed E-state index contributed by atoms with van der Waals surface area (Å²) in [4.78, 5) is 55.5. The van der Waals surface area contributed by atoms with Crippen molar-refractivity contribution in [3.05, 3.63) is 95.1 Å². The number of unbranched alkanes of at least 4 members (excludes halogenated alkanes) is 1. The van der Waals surface area contributed by atoms with E-state index in [1.807, 2.05) is 55.5 Å². The maximum absolute atomic E-state index is 14.1.